The van der Waals surface area contributed by atoms with Crippen molar-refractivity contribution in [1.82, 2.24) is 4.57 Å². The van der Waals surface area contributed by atoms with Gasteiger partial charge in [0.1, 0.15) is 0 Å². The zero-order valence-electron chi connectivity index (χ0n) is 40.3. The van der Waals surface area contributed by atoms with E-state index in [1.165, 1.54) is 71.6 Å². The molecule has 4 heteroatoms. The average Bonchev–Trinajstić information content (AvgIpc) is 3.81. The van der Waals surface area contributed by atoms with E-state index in [1.807, 2.05) is 36.4 Å². The summed E-state index contributed by atoms with van der Waals surface area (Å²) in [5, 5.41) is 4.84. The summed E-state index contributed by atoms with van der Waals surface area (Å²) in [7, 11) is 0. The van der Waals surface area contributed by atoms with Gasteiger partial charge in [-0.1, -0.05) is 194 Å². The Balaban J connectivity index is 0.878. The Morgan fingerprint density at radius 3 is 1.51 bits per heavy atom. The van der Waals surface area contributed by atoms with Gasteiger partial charge in [0.15, 0.2) is 23.0 Å². The molecule has 0 spiro atoms. The zero-order chi connectivity index (χ0) is 49.0. The average molecular weight is 947 g/mol. The minimum Gasteiger partial charge on any atom is -0.450 e. The first-order chi connectivity index (χ1) is 36.7. The lowest BCUT2D eigenvalue weighted by Gasteiger charge is -2.27. The number of fused-ring (bicyclic) bond motifs is 6. The highest BCUT2D eigenvalue weighted by atomic mass is 16.6. The van der Waals surface area contributed by atoms with Crippen LogP contribution in [-0.4, -0.2) is 4.57 Å². The van der Waals surface area contributed by atoms with Gasteiger partial charge in [0.05, 0.1) is 16.7 Å². The van der Waals surface area contributed by atoms with Crippen molar-refractivity contribution in [2.45, 2.75) is 0 Å². The summed E-state index contributed by atoms with van der Waals surface area (Å²) in [5.41, 5.74) is 18.2. The highest BCUT2D eigenvalue weighted by molar-refractivity contribution is 6.12. The molecule has 348 valence electrons. The molecule has 0 saturated carbocycles. The van der Waals surface area contributed by atoms with Gasteiger partial charge in [0.25, 0.3) is 0 Å². The number of hydrogen-bond acceptors (Lipinski definition) is 3. The molecule has 0 radical (unpaired) electrons. The van der Waals surface area contributed by atoms with Gasteiger partial charge in [-0.15, -0.1) is 0 Å². The Kier molecular flexibility index (Phi) is 10.5. The zero-order valence-corrected chi connectivity index (χ0v) is 40.3. The molecule has 0 atom stereocenters. The van der Waals surface area contributed by atoms with Crippen molar-refractivity contribution in [2.24, 2.45) is 0 Å². The molecular weight excluding hydrogens is 901 g/mol. The van der Waals surface area contributed by atoms with Gasteiger partial charge in [-0.05, 0) is 145 Å². The number of hydrogen-bond donors (Lipinski definition) is 0. The van der Waals surface area contributed by atoms with Crippen molar-refractivity contribution in [2.75, 3.05) is 4.90 Å². The van der Waals surface area contributed by atoms with Crippen LogP contribution in [0, 0.1) is 0 Å². The first kappa shape index (κ1) is 42.9. The fraction of sp³-hybridized carbons (Fsp3) is 0. The van der Waals surface area contributed by atoms with Crippen molar-refractivity contribution in [3.05, 3.63) is 279 Å². The van der Waals surface area contributed by atoms with Crippen LogP contribution in [-0.2, 0) is 0 Å². The lowest BCUT2D eigenvalue weighted by atomic mass is 9.88. The van der Waals surface area contributed by atoms with Crippen LogP contribution in [0.2, 0.25) is 0 Å². The second kappa shape index (κ2) is 18.1. The first-order valence-electron chi connectivity index (χ1n) is 25.1. The summed E-state index contributed by atoms with van der Waals surface area (Å²) >= 11 is 0. The molecule has 1 aliphatic rings. The van der Waals surface area contributed by atoms with E-state index in [-0.39, 0.29) is 0 Å². The molecule has 12 aromatic carbocycles. The van der Waals surface area contributed by atoms with E-state index >= 15 is 0 Å². The Hall–Kier alpha value is -9.90. The van der Waals surface area contributed by atoms with Gasteiger partial charge in [-0.25, -0.2) is 0 Å². The molecule has 4 nitrogen and oxygen atoms in total. The normalized spacial score (nSPS) is 11.7. The van der Waals surface area contributed by atoms with Crippen LogP contribution < -0.4 is 14.4 Å². The lowest BCUT2D eigenvalue weighted by Crippen LogP contribution is -2.10. The van der Waals surface area contributed by atoms with Crippen LogP contribution in [0.5, 0.6) is 23.0 Å². The highest BCUT2D eigenvalue weighted by Crippen LogP contribution is 2.49. The van der Waals surface area contributed by atoms with Crippen molar-refractivity contribution in [3.63, 3.8) is 0 Å². The molecule has 13 aromatic rings. The quantitative estimate of drug-likeness (QED) is 0.144. The fourth-order valence-electron chi connectivity index (χ4n) is 11.0. The van der Waals surface area contributed by atoms with Crippen LogP contribution in [0.15, 0.2) is 279 Å². The molecule has 2 heterocycles. The minimum absolute atomic E-state index is 0.677. The predicted octanol–water partition coefficient (Wildman–Crippen LogP) is 19.6. The van der Waals surface area contributed by atoms with Crippen molar-refractivity contribution < 1.29 is 9.47 Å². The minimum atomic E-state index is 0.677. The molecule has 74 heavy (non-hydrogen) atoms. The molecule has 14 rings (SSSR count). The van der Waals surface area contributed by atoms with E-state index in [9.17, 15) is 0 Å². The van der Waals surface area contributed by atoms with Crippen LogP contribution in [0.4, 0.5) is 17.1 Å². The summed E-state index contributed by atoms with van der Waals surface area (Å²) in [5.74, 6) is 2.78. The highest BCUT2D eigenvalue weighted by Gasteiger charge is 2.23. The largest absolute Gasteiger partial charge is 0.450 e. The van der Waals surface area contributed by atoms with E-state index in [2.05, 4.69) is 252 Å². The molecule has 1 aromatic heterocycles. The maximum absolute atomic E-state index is 6.38. The number of aromatic nitrogens is 1. The van der Waals surface area contributed by atoms with Gasteiger partial charge in [0, 0.05) is 33.9 Å². The Morgan fingerprint density at radius 2 is 0.797 bits per heavy atom. The Bertz CT molecular complexity index is 4180. The number of nitrogens with zero attached hydrogens (tertiary/aromatic N) is 2. The van der Waals surface area contributed by atoms with E-state index in [1.54, 1.807) is 0 Å². The molecule has 0 fully saturated rings. The lowest BCUT2D eigenvalue weighted by molar-refractivity contribution is 0.360. The Labute approximate surface area is 429 Å². The smallest absolute Gasteiger partial charge is 0.172 e. The molecule has 0 amide bonds. The number of anilines is 3. The van der Waals surface area contributed by atoms with Crippen LogP contribution in [0.25, 0.3) is 93.9 Å². The predicted molar refractivity (Wildman–Crippen MR) is 307 cm³/mol. The number of para-hydroxylation sites is 4. The summed E-state index contributed by atoms with van der Waals surface area (Å²) < 4.78 is 15.1. The Morgan fingerprint density at radius 1 is 0.270 bits per heavy atom. The van der Waals surface area contributed by atoms with Crippen LogP contribution in [0.1, 0.15) is 0 Å². The van der Waals surface area contributed by atoms with Gasteiger partial charge >= 0.3 is 0 Å². The van der Waals surface area contributed by atoms with Crippen molar-refractivity contribution >= 4 is 49.6 Å². The summed E-state index contributed by atoms with van der Waals surface area (Å²) in [6.07, 6.45) is 0. The third-order valence-corrected chi connectivity index (χ3v) is 14.4. The standard InChI is InChI=1S/C70H46N2O2/c1-4-18-47(19-5-1)52-42-53(48-20-6-2-7-21-48)44-57(43-52)72-64-31-13-12-28-61(64)62-40-36-51(45-65(62)72)58-26-10-11-27-60(58)63-30-17-23-50-22-16-29-59(70(50)63)49-34-37-55(38-35-49)71(54-24-8-3-9-25-54)56-39-41-68-69(46-56)74-67-33-15-14-32-66(67)73-68/h1-46H. The summed E-state index contributed by atoms with van der Waals surface area (Å²) in [6.45, 7) is 0. The second-order valence-electron chi connectivity index (χ2n) is 18.8. The molecule has 0 bridgehead atoms. The maximum Gasteiger partial charge on any atom is 0.172 e. The monoisotopic (exact) mass is 946 g/mol. The fourth-order valence-corrected chi connectivity index (χ4v) is 11.0. The van der Waals surface area contributed by atoms with Gasteiger partial charge in [0.2, 0.25) is 0 Å². The van der Waals surface area contributed by atoms with E-state index in [0.717, 1.165) is 39.4 Å². The van der Waals surface area contributed by atoms with Gasteiger partial charge in [-0.2, -0.15) is 0 Å². The van der Waals surface area contributed by atoms with Crippen LogP contribution in [0.3, 0.4) is 0 Å². The first-order valence-corrected chi connectivity index (χ1v) is 25.1. The summed E-state index contributed by atoms with van der Waals surface area (Å²) in [6, 6.07) is 99.8. The molecule has 0 saturated heterocycles. The SMILES string of the molecule is c1ccc(-c2cc(-c3ccccc3)cc(-n3c4ccccc4c4ccc(-c5ccccc5-c5cccc6cccc(-c7ccc(N(c8ccccc8)c8ccc9c(c8)Oc8ccccc8O9)cc7)c56)cc43)c2)cc1. The van der Waals surface area contributed by atoms with Crippen molar-refractivity contribution in [1.29, 1.82) is 0 Å². The maximum atomic E-state index is 6.38. The van der Waals surface area contributed by atoms with Gasteiger partial charge in [-0.3, -0.25) is 0 Å². The number of rotatable bonds is 9. The number of benzene rings is 12. The molecule has 0 N–H and O–H groups in total. The van der Waals surface area contributed by atoms with E-state index < -0.39 is 0 Å². The molecule has 1 aliphatic heterocycles. The second-order valence-corrected chi connectivity index (χ2v) is 18.8. The van der Waals surface area contributed by atoms with Crippen molar-refractivity contribution in [3.8, 4) is 84.3 Å². The third kappa shape index (κ3) is 7.56. The summed E-state index contributed by atoms with van der Waals surface area (Å²) in [4.78, 5) is 2.26. The molecular formula is C70H46N2O2. The number of ether oxygens (including phenoxy) is 2. The van der Waals surface area contributed by atoms with Crippen LogP contribution >= 0.6 is 0 Å². The topological polar surface area (TPSA) is 26.6 Å². The van der Waals surface area contributed by atoms with E-state index in [0.29, 0.717) is 23.0 Å². The molecule has 0 aliphatic carbocycles. The third-order valence-electron chi connectivity index (χ3n) is 14.4. The molecule has 0 unspecified atom stereocenters. The van der Waals surface area contributed by atoms with Gasteiger partial charge < -0.3 is 18.9 Å². The van der Waals surface area contributed by atoms with E-state index in [4.69, 9.17) is 9.47 Å².